The van der Waals surface area contributed by atoms with Gasteiger partial charge >= 0.3 is 5.97 Å². The molecule has 5 heteroatoms. The fourth-order valence-corrected chi connectivity index (χ4v) is 2.30. The van der Waals surface area contributed by atoms with E-state index in [4.69, 9.17) is 14.3 Å². The predicted octanol–water partition coefficient (Wildman–Crippen LogP) is 1.98. The molecule has 1 saturated heterocycles. The molecule has 18 heavy (non-hydrogen) atoms. The van der Waals surface area contributed by atoms with E-state index < -0.39 is 5.97 Å². The Kier molecular flexibility index (Phi) is 4.38. The summed E-state index contributed by atoms with van der Waals surface area (Å²) < 4.78 is 10.6. The smallest absolute Gasteiger partial charge is 0.372 e. The quantitative estimate of drug-likeness (QED) is 0.869. The number of ether oxygens (including phenoxy) is 1. The number of aromatic carboxylic acids is 1. The van der Waals surface area contributed by atoms with Crippen LogP contribution in [-0.2, 0) is 11.3 Å². The van der Waals surface area contributed by atoms with Crippen LogP contribution in [0.15, 0.2) is 16.7 Å². The number of carboxylic acids is 1. The number of furan rings is 1. The van der Waals surface area contributed by atoms with Crippen molar-refractivity contribution in [2.75, 3.05) is 20.2 Å². The highest BCUT2D eigenvalue weighted by Crippen LogP contribution is 2.16. The Labute approximate surface area is 106 Å². The third-order valence-electron chi connectivity index (χ3n) is 3.17. The Morgan fingerprint density at radius 1 is 1.56 bits per heavy atom. The van der Waals surface area contributed by atoms with Crippen molar-refractivity contribution in [2.24, 2.45) is 0 Å². The highest BCUT2D eigenvalue weighted by atomic mass is 16.5. The maximum Gasteiger partial charge on any atom is 0.372 e. The number of rotatable bonds is 5. The van der Waals surface area contributed by atoms with Gasteiger partial charge in [-0.05, 0) is 32.4 Å². The largest absolute Gasteiger partial charge is 0.475 e. The van der Waals surface area contributed by atoms with Crippen molar-refractivity contribution in [3.8, 4) is 0 Å². The lowest BCUT2D eigenvalue weighted by atomic mass is 10.1. The summed E-state index contributed by atoms with van der Waals surface area (Å²) in [4.78, 5) is 13.0. The maximum absolute atomic E-state index is 10.9. The minimum absolute atomic E-state index is 0.0337. The Morgan fingerprint density at radius 2 is 2.39 bits per heavy atom. The zero-order valence-corrected chi connectivity index (χ0v) is 10.6. The topological polar surface area (TPSA) is 62.9 Å². The van der Waals surface area contributed by atoms with Crippen LogP contribution < -0.4 is 0 Å². The van der Waals surface area contributed by atoms with E-state index in [1.807, 2.05) is 7.05 Å². The van der Waals surface area contributed by atoms with E-state index in [9.17, 15) is 4.79 Å². The number of carbonyl (C=O) groups is 1. The molecule has 0 aromatic carbocycles. The van der Waals surface area contributed by atoms with Gasteiger partial charge in [0, 0.05) is 25.3 Å². The molecule has 0 bridgehead atoms. The molecule has 100 valence electrons. The Balaban J connectivity index is 1.88. The van der Waals surface area contributed by atoms with Crippen LogP contribution in [0.4, 0.5) is 0 Å². The summed E-state index contributed by atoms with van der Waals surface area (Å²) in [5, 5.41) is 8.95. The number of nitrogens with zero attached hydrogens (tertiary/aromatic N) is 1. The average molecular weight is 253 g/mol. The van der Waals surface area contributed by atoms with Gasteiger partial charge in [0.1, 0.15) is 0 Å². The number of hydrogen-bond acceptors (Lipinski definition) is 4. The lowest BCUT2D eigenvalue weighted by Crippen LogP contribution is -2.33. The van der Waals surface area contributed by atoms with Crippen molar-refractivity contribution < 1.29 is 19.1 Å². The third kappa shape index (κ3) is 3.34. The van der Waals surface area contributed by atoms with Crippen molar-refractivity contribution in [1.82, 2.24) is 4.90 Å². The van der Waals surface area contributed by atoms with Crippen LogP contribution in [0.2, 0.25) is 0 Å². The van der Waals surface area contributed by atoms with Crippen LogP contribution in [0.1, 0.15) is 35.4 Å². The first kappa shape index (κ1) is 13.1. The minimum Gasteiger partial charge on any atom is -0.475 e. The second kappa shape index (κ2) is 6.02. The average Bonchev–Trinajstić information content (AvgIpc) is 2.78. The van der Waals surface area contributed by atoms with Gasteiger partial charge in [-0.15, -0.1) is 0 Å². The Bertz CT molecular complexity index is 395. The molecular weight excluding hydrogens is 234 g/mol. The summed E-state index contributed by atoms with van der Waals surface area (Å²) >= 11 is 0. The normalized spacial score (nSPS) is 20.2. The molecule has 1 aromatic heterocycles. The van der Waals surface area contributed by atoms with Gasteiger partial charge in [-0.2, -0.15) is 0 Å². The molecule has 1 aliphatic heterocycles. The molecule has 1 atom stereocenters. The second-order valence-corrected chi connectivity index (χ2v) is 4.77. The zero-order chi connectivity index (χ0) is 13.0. The molecule has 1 fully saturated rings. The van der Waals surface area contributed by atoms with Gasteiger partial charge < -0.3 is 14.3 Å². The molecule has 0 amide bonds. The van der Waals surface area contributed by atoms with Gasteiger partial charge in [-0.3, -0.25) is 4.90 Å². The van der Waals surface area contributed by atoms with Gasteiger partial charge in [-0.25, -0.2) is 4.79 Å². The summed E-state index contributed by atoms with van der Waals surface area (Å²) in [6.07, 6.45) is 5.13. The zero-order valence-electron chi connectivity index (χ0n) is 10.6. The summed E-state index contributed by atoms with van der Waals surface area (Å²) in [5.74, 6) is -0.983. The summed E-state index contributed by atoms with van der Waals surface area (Å²) in [6.45, 7) is 2.23. The van der Waals surface area contributed by atoms with E-state index in [1.165, 1.54) is 12.7 Å². The minimum atomic E-state index is -1.02. The van der Waals surface area contributed by atoms with Crippen LogP contribution in [0.3, 0.4) is 0 Å². The number of likely N-dealkylation sites (N-methyl/N-ethyl adjacent to an activating group) is 1. The maximum atomic E-state index is 10.9. The summed E-state index contributed by atoms with van der Waals surface area (Å²) in [7, 11) is 1.97. The first-order valence-corrected chi connectivity index (χ1v) is 6.26. The monoisotopic (exact) mass is 253 g/mol. The fraction of sp³-hybridized carbons (Fsp3) is 0.615. The lowest BCUT2D eigenvalue weighted by molar-refractivity contribution is -0.00265. The molecule has 0 radical (unpaired) electrons. The predicted molar refractivity (Wildman–Crippen MR) is 65.6 cm³/mol. The van der Waals surface area contributed by atoms with E-state index in [0.29, 0.717) is 12.1 Å². The summed E-state index contributed by atoms with van der Waals surface area (Å²) in [5.41, 5.74) is 0.709. The molecule has 1 N–H and O–H groups in total. The standard InChI is InChI=1S/C13H19NO4/c1-14(9-11-4-2-3-6-17-11)8-10-5-7-18-12(10)13(15)16/h5,7,11H,2-4,6,8-9H2,1H3,(H,15,16). The van der Waals surface area contributed by atoms with E-state index in [2.05, 4.69) is 4.90 Å². The van der Waals surface area contributed by atoms with E-state index in [1.54, 1.807) is 6.07 Å². The summed E-state index contributed by atoms with van der Waals surface area (Å²) in [6, 6.07) is 1.71. The Hall–Kier alpha value is -1.33. The lowest BCUT2D eigenvalue weighted by Gasteiger charge is -2.27. The molecule has 5 nitrogen and oxygen atoms in total. The molecule has 0 aliphatic carbocycles. The highest BCUT2D eigenvalue weighted by molar-refractivity contribution is 5.86. The number of hydrogen-bond donors (Lipinski definition) is 1. The van der Waals surface area contributed by atoms with Crippen LogP contribution in [0, 0.1) is 0 Å². The van der Waals surface area contributed by atoms with Crippen LogP contribution in [0.5, 0.6) is 0 Å². The molecule has 0 spiro atoms. The van der Waals surface area contributed by atoms with Gasteiger partial charge in [0.25, 0.3) is 0 Å². The van der Waals surface area contributed by atoms with Gasteiger partial charge in [0.05, 0.1) is 12.4 Å². The van der Waals surface area contributed by atoms with E-state index >= 15 is 0 Å². The van der Waals surface area contributed by atoms with Crippen LogP contribution >= 0.6 is 0 Å². The molecule has 2 rings (SSSR count). The first-order valence-electron chi connectivity index (χ1n) is 6.26. The third-order valence-corrected chi connectivity index (χ3v) is 3.17. The van der Waals surface area contributed by atoms with Gasteiger partial charge in [0.15, 0.2) is 0 Å². The second-order valence-electron chi connectivity index (χ2n) is 4.77. The van der Waals surface area contributed by atoms with Crippen molar-refractivity contribution in [1.29, 1.82) is 0 Å². The van der Waals surface area contributed by atoms with Crippen molar-refractivity contribution in [3.05, 3.63) is 23.7 Å². The number of carboxylic acid groups (broad SMARTS) is 1. The molecule has 1 unspecified atom stereocenters. The van der Waals surface area contributed by atoms with Crippen LogP contribution in [0.25, 0.3) is 0 Å². The molecule has 1 aliphatic rings. The van der Waals surface area contributed by atoms with Crippen molar-refractivity contribution in [3.63, 3.8) is 0 Å². The fourth-order valence-electron chi connectivity index (χ4n) is 2.30. The highest BCUT2D eigenvalue weighted by Gasteiger charge is 2.19. The van der Waals surface area contributed by atoms with Crippen molar-refractivity contribution in [2.45, 2.75) is 31.9 Å². The molecule has 1 aromatic rings. The van der Waals surface area contributed by atoms with Crippen molar-refractivity contribution >= 4 is 5.97 Å². The van der Waals surface area contributed by atoms with Crippen LogP contribution in [-0.4, -0.2) is 42.3 Å². The van der Waals surface area contributed by atoms with E-state index in [-0.39, 0.29) is 11.9 Å². The molecule has 2 heterocycles. The molecular formula is C13H19NO4. The SMILES string of the molecule is CN(Cc1ccoc1C(=O)O)CC1CCCCO1. The first-order chi connectivity index (χ1) is 8.66. The van der Waals surface area contributed by atoms with Gasteiger partial charge in [-0.1, -0.05) is 0 Å². The van der Waals surface area contributed by atoms with E-state index in [0.717, 1.165) is 26.0 Å². The Morgan fingerprint density at radius 3 is 3.06 bits per heavy atom. The van der Waals surface area contributed by atoms with Gasteiger partial charge in [0.2, 0.25) is 5.76 Å². The molecule has 0 saturated carbocycles.